The Hall–Kier alpha value is -1.65. The van der Waals surface area contributed by atoms with Gasteiger partial charge in [0.25, 0.3) is 0 Å². The molecule has 0 bridgehead atoms. The van der Waals surface area contributed by atoms with E-state index >= 15 is 0 Å². The van der Waals surface area contributed by atoms with E-state index < -0.39 is 0 Å². The fourth-order valence-corrected chi connectivity index (χ4v) is 2.16. The quantitative estimate of drug-likeness (QED) is 0.934. The second-order valence-electron chi connectivity index (χ2n) is 4.05. The molecule has 1 aromatic carbocycles. The molecule has 0 saturated heterocycles. The summed E-state index contributed by atoms with van der Waals surface area (Å²) in [6, 6.07) is 6.74. The van der Waals surface area contributed by atoms with E-state index in [9.17, 15) is 4.39 Å². The van der Waals surface area contributed by atoms with Crippen LogP contribution < -0.4 is 10.1 Å². The summed E-state index contributed by atoms with van der Waals surface area (Å²) in [5, 5.41) is 3.67. The molecule has 0 aliphatic carbocycles. The van der Waals surface area contributed by atoms with Gasteiger partial charge in [0.2, 0.25) is 0 Å². The topological polar surface area (TPSA) is 34.2 Å². The van der Waals surface area contributed by atoms with Gasteiger partial charge in [0, 0.05) is 6.20 Å². The maximum absolute atomic E-state index is 13.3. The number of halogens is 2. The van der Waals surface area contributed by atoms with Gasteiger partial charge in [0.15, 0.2) is 0 Å². The zero-order valence-corrected chi connectivity index (χ0v) is 11.4. The molecule has 0 saturated carbocycles. The SMILES string of the molecule is CNC(c1cncc(F)c1)c1ccc(Cl)c(OC)c1. The predicted molar refractivity (Wildman–Crippen MR) is 73.1 cm³/mol. The largest absolute Gasteiger partial charge is 0.495 e. The maximum Gasteiger partial charge on any atom is 0.141 e. The molecule has 3 nitrogen and oxygen atoms in total. The highest BCUT2D eigenvalue weighted by Crippen LogP contribution is 2.30. The van der Waals surface area contributed by atoms with E-state index in [4.69, 9.17) is 16.3 Å². The van der Waals surface area contributed by atoms with E-state index in [1.807, 2.05) is 12.1 Å². The summed E-state index contributed by atoms with van der Waals surface area (Å²) in [6.07, 6.45) is 2.81. The zero-order chi connectivity index (χ0) is 13.8. The lowest BCUT2D eigenvalue weighted by molar-refractivity contribution is 0.414. The van der Waals surface area contributed by atoms with Crippen molar-refractivity contribution in [2.45, 2.75) is 6.04 Å². The highest BCUT2D eigenvalue weighted by Gasteiger charge is 2.15. The Morgan fingerprint density at radius 1 is 1.26 bits per heavy atom. The van der Waals surface area contributed by atoms with Gasteiger partial charge in [-0.25, -0.2) is 4.39 Å². The Morgan fingerprint density at radius 3 is 2.68 bits per heavy atom. The van der Waals surface area contributed by atoms with Crippen LogP contribution in [-0.4, -0.2) is 19.1 Å². The summed E-state index contributed by atoms with van der Waals surface area (Å²) >= 11 is 6.00. The number of nitrogens with zero attached hydrogens (tertiary/aromatic N) is 1. The minimum atomic E-state index is -0.362. The summed E-state index contributed by atoms with van der Waals surface area (Å²) in [5.41, 5.74) is 1.67. The fraction of sp³-hybridized carbons (Fsp3) is 0.214. The lowest BCUT2D eigenvalue weighted by Gasteiger charge is -2.18. The number of hydrogen-bond donors (Lipinski definition) is 1. The normalized spacial score (nSPS) is 12.2. The van der Waals surface area contributed by atoms with Crippen LogP contribution >= 0.6 is 11.6 Å². The van der Waals surface area contributed by atoms with Crippen LogP contribution in [0, 0.1) is 5.82 Å². The third kappa shape index (κ3) is 3.03. The van der Waals surface area contributed by atoms with Gasteiger partial charge in [-0.3, -0.25) is 4.98 Å². The molecule has 0 aliphatic rings. The minimum absolute atomic E-state index is 0.172. The zero-order valence-electron chi connectivity index (χ0n) is 10.7. The van der Waals surface area contributed by atoms with Gasteiger partial charge < -0.3 is 10.1 Å². The van der Waals surface area contributed by atoms with Crippen molar-refractivity contribution in [3.63, 3.8) is 0 Å². The van der Waals surface area contributed by atoms with Gasteiger partial charge in [-0.15, -0.1) is 0 Å². The molecule has 2 rings (SSSR count). The Kier molecular flexibility index (Phi) is 4.35. The summed E-state index contributed by atoms with van der Waals surface area (Å²) in [6.45, 7) is 0. The smallest absolute Gasteiger partial charge is 0.141 e. The number of nitrogens with one attached hydrogen (secondary N) is 1. The monoisotopic (exact) mass is 280 g/mol. The van der Waals surface area contributed by atoms with Crippen LogP contribution in [0.3, 0.4) is 0 Å². The number of ether oxygens (including phenoxy) is 1. The van der Waals surface area contributed by atoms with Gasteiger partial charge in [-0.05, 0) is 36.4 Å². The van der Waals surface area contributed by atoms with Gasteiger partial charge in [-0.1, -0.05) is 17.7 Å². The number of rotatable bonds is 4. The number of pyridine rings is 1. The van der Waals surface area contributed by atoms with Crippen LogP contribution in [0.1, 0.15) is 17.2 Å². The molecule has 0 fully saturated rings. The van der Waals surface area contributed by atoms with Crippen molar-refractivity contribution >= 4 is 11.6 Å². The van der Waals surface area contributed by atoms with E-state index in [-0.39, 0.29) is 11.9 Å². The van der Waals surface area contributed by atoms with Crippen LogP contribution in [0.5, 0.6) is 5.75 Å². The van der Waals surface area contributed by atoms with Crippen molar-refractivity contribution in [3.05, 3.63) is 58.6 Å². The molecule has 0 aliphatic heterocycles. The third-order valence-electron chi connectivity index (χ3n) is 2.86. The Bertz CT molecular complexity index is 577. The second kappa shape index (κ2) is 5.99. The van der Waals surface area contributed by atoms with Crippen LogP contribution in [-0.2, 0) is 0 Å². The Balaban J connectivity index is 2.42. The molecule has 0 radical (unpaired) electrons. The summed E-state index contributed by atoms with van der Waals surface area (Å²) in [7, 11) is 3.36. The standard InChI is InChI=1S/C14H14ClFN2O/c1-17-14(10-5-11(16)8-18-7-10)9-3-4-12(15)13(6-9)19-2/h3-8,14,17H,1-2H3. The molecule has 2 aromatic rings. The Labute approximate surface area is 116 Å². The second-order valence-corrected chi connectivity index (χ2v) is 4.46. The molecule has 1 N–H and O–H groups in total. The molecule has 1 unspecified atom stereocenters. The highest BCUT2D eigenvalue weighted by atomic mass is 35.5. The molecule has 0 amide bonds. The van der Waals surface area contributed by atoms with Crippen molar-refractivity contribution in [3.8, 4) is 5.75 Å². The first kappa shape index (κ1) is 13.8. The Morgan fingerprint density at radius 2 is 2.05 bits per heavy atom. The number of benzene rings is 1. The van der Waals surface area contributed by atoms with Gasteiger partial charge in [0.1, 0.15) is 11.6 Å². The van der Waals surface area contributed by atoms with Crippen LogP contribution in [0.4, 0.5) is 4.39 Å². The van der Waals surface area contributed by atoms with E-state index in [1.165, 1.54) is 12.3 Å². The average Bonchev–Trinajstić information content (AvgIpc) is 2.41. The summed E-state index contributed by atoms with van der Waals surface area (Å²) in [5.74, 6) is 0.224. The van der Waals surface area contributed by atoms with E-state index in [2.05, 4.69) is 10.3 Å². The maximum atomic E-state index is 13.3. The van der Waals surface area contributed by atoms with Crippen molar-refractivity contribution in [1.29, 1.82) is 0 Å². The predicted octanol–water partition coefficient (Wildman–Crippen LogP) is 3.19. The number of methoxy groups -OCH3 is 1. The highest BCUT2D eigenvalue weighted by molar-refractivity contribution is 6.32. The number of hydrogen-bond acceptors (Lipinski definition) is 3. The molecular weight excluding hydrogens is 267 g/mol. The summed E-state index contributed by atoms with van der Waals surface area (Å²) < 4.78 is 18.4. The van der Waals surface area contributed by atoms with Gasteiger partial charge in [-0.2, -0.15) is 0 Å². The van der Waals surface area contributed by atoms with Crippen molar-refractivity contribution < 1.29 is 9.13 Å². The molecule has 1 atom stereocenters. The lowest BCUT2D eigenvalue weighted by Crippen LogP contribution is -2.18. The van der Waals surface area contributed by atoms with Crippen molar-refractivity contribution in [1.82, 2.24) is 10.3 Å². The minimum Gasteiger partial charge on any atom is -0.495 e. The first-order chi connectivity index (χ1) is 9.15. The molecule has 19 heavy (non-hydrogen) atoms. The van der Waals surface area contributed by atoms with E-state index in [0.717, 1.165) is 11.1 Å². The van der Waals surface area contributed by atoms with Crippen molar-refractivity contribution in [2.24, 2.45) is 0 Å². The van der Waals surface area contributed by atoms with E-state index in [0.29, 0.717) is 10.8 Å². The molecule has 5 heteroatoms. The molecule has 1 aromatic heterocycles. The molecule has 1 heterocycles. The summed E-state index contributed by atoms with van der Waals surface area (Å²) in [4.78, 5) is 3.87. The third-order valence-corrected chi connectivity index (χ3v) is 3.17. The molecule has 0 spiro atoms. The molecular formula is C14H14ClFN2O. The molecule has 100 valence electrons. The van der Waals surface area contributed by atoms with Crippen LogP contribution in [0.15, 0.2) is 36.7 Å². The first-order valence-electron chi connectivity index (χ1n) is 5.77. The van der Waals surface area contributed by atoms with Crippen LogP contribution in [0.25, 0.3) is 0 Å². The first-order valence-corrected chi connectivity index (χ1v) is 6.14. The lowest BCUT2D eigenvalue weighted by atomic mass is 10.00. The fourth-order valence-electron chi connectivity index (χ4n) is 1.97. The van der Waals surface area contributed by atoms with Crippen molar-refractivity contribution in [2.75, 3.05) is 14.2 Å². The van der Waals surface area contributed by atoms with Gasteiger partial charge >= 0.3 is 0 Å². The van der Waals surface area contributed by atoms with Crippen LogP contribution in [0.2, 0.25) is 5.02 Å². The average molecular weight is 281 g/mol. The van der Waals surface area contributed by atoms with Gasteiger partial charge in [0.05, 0.1) is 24.4 Å². The van der Waals surface area contributed by atoms with E-state index in [1.54, 1.807) is 26.4 Å². The number of aromatic nitrogens is 1.